The first kappa shape index (κ1) is 14.9. The molecule has 0 rings (SSSR count). The second-order valence-corrected chi connectivity index (χ2v) is 3.75. The van der Waals surface area contributed by atoms with E-state index in [0.717, 1.165) is 0 Å². The average Bonchev–Trinajstić information content (AvgIpc) is 2.15. The van der Waals surface area contributed by atoms with Gasteiger partial charge in [-0.05, 0) is 0 Å². The summed E-state index contributed by atoms with van der Waals surface area (Å²) in [5, 5.41) is 38.1. The van der Waals surface area contributed by atoms with Gasteiger partial charge in [-0.25, -0.2) is 0 Å². The molecular formula is C4H5ClN4O8. The second-order valence-electron chi connectivity index (χ2n) is 3.14. The molecule has 0 unspecified atom stereocenters. The van der Waals surface area contributed by atoms with Crippen molar-refractivity contribution < 1.29 is 19.7 Å². The third-order valence-corrected chi connectivity index (χ3v) is 2.32. The fraction of sp³-hybridized carbons (Fsp3) is 1.00. The summed E-state index contributed by atoms with van der Waals surface area (Å²) in [6, 6.07) is 0. The molecule has 0 fully saturated rings. The van der Waals surface area contributed by atoms with Crippen molar-refractivity contribution in [2.24, 2.45) is 0 Å². The van der Waals surface area contributed by atoms with E-state index in [9.17, 15) is 40.5 Å². The van der Waals surface area contributed by atoms with E-state index in [2.05, 4.69) is 0 Å². The maximum atomic E-state index is 10.4. The van der Waals surface area contributed by atoms with Crippen LogP contribution in [-0.2, 0) is 0 Å². The largest absolute Gasteiger partial charge is 0.551 e. The minimum atomic E-state index is -3.52. The van der Waals surface area contributed by atoms with Gasteiger partial charge in [-0.15, -0.1) is 0 Å². The van der Waals surface area contributed by atoms with Crippen LogP contribution in [0, 0.1) is 40.5 Å². The van der Waals surface area contributed by atoms with Gasteiger partial charge in [0.25, 0.3) is 0 Å². The Bertz CT molecular complexity index is 331. The van der Waals surface area contributed by atoms with Crippen LogP contribution >= 0.6 is 11.6 Å². The number of alkyl halides is 1. The molecule has 0 aromatic heterocycles. The third kappa shape index (κ3) is 2.52. The summed E-state index contributed by atoms with van der Waals surface area (Å²) in [7, 11) is 0. The Morgan fingerprint density at radius 1 is 0.882 bits per heavy atom. The third-order valence-electron chi connectivity index (χ3n) is 1.91. The van der Waals surface area contributed by atoms with Crippen LogP contribution in [0.25, 0.3) is 0 Å². The van der Waals surface area contributed by atoms with Crippen LogP contribution in [0.4, 0.5) is 0 Å². The lowest BCUT2D eigenvalue weighted by molar-refractivity contribution is -0.829. The molecule has 0 aromatic carbocycles. The van der Waals surface area contributed by atoms with Crippen molar-refractivity contribution in [3.05, 3.63) is 40.5 Å². The highest BCUT2D eigenvalue weighted by molar-refractivity contribution is 6.21. The van der Waals surface area contributed by atoms with Gasteiger partial charge in [-0.2, -0.15) is 0 Å². The molecule has 0 heterocycles. The molecule has 13 heteroatoms. The van der Waals surface area contributed by atoms with E-state index in [1.54, 1.807) is 0 Å². The molecule has 96 valence electrons. The molecule has 17 heavy (non-hydrogen) atoms. The summed E-state index contributed by atoms with van der Waals surface area (Å²) < 4.78 is 0. The topological polar surface area (TPSA) is 173 Å². The van der Waals surface area contributed by atoms with Gasteiger partial charge >= 0.3 is 10.8 Å². The molecule has 0 saturated carbocycles. The fourth-order valence-corrected chi connectivity index (χ4v) is 1.07. The molecule has 0 N–H and O–H groups in total. The number of rotatable bonds is 6. The van der Waals surface area contributed by atoms with Gasteiger partial charge < -0.3 is 0 Å². The van der Waals surface area contributed by atoms with Gasteiger partial charge in [0.15, 0.2) is 0 Å². The lowest BCUT2D eigenvalue weighted by atomic mass is 10.1. The van der Waals surface area contributed by atoms with Crippen LogP contribution in [0.1, 0.15) is 13.3 Å². The Balaban J connectivity index is 5.53. The van der Waals surface area contributed by atoms with Gasteiger partial charge in [-0.1, -0.05) is 0 Å². The molecule has 0 aliphatic carbocycles. The minimum absolute atomic E-state index is 0.400. The van der Waals surface area contributed by atoms with E-state index in [0.29, 0.717) is 6.92 Å². The smallest absolute Gasteiger partial charge is 0.258 e. The van der Waals surface area contributed by atoms with Crippen LogP contribution in [-0.4, -0.2) is 30.5 Å². The van der Waals surface area contributed by atoms with Crippen molar-refractivity contribution in [3.8, 4) is 0 Å². The molecule has 0 saturated heterocycles. The second kappa shape index (κ2) is 4.40. The van der Waals surface area contributed by atoms with Crippen molar-refractivity contribution in [3.63, 3.8) is 0 Å². The number of nitrogens with zero attached hydrogens (tertiary/aromatic N) is 4. The summed E-state index contributed by atoms with van der Waals surface area (Å²) in [6.07, 6.45) is -1.69. The first-order chi connectivity index (χ1) is 7.48. The van der Waals surface area contributed by atoms with Crippen molar-refractivity contribution in [2.75, 3.05) is 0 Å². The zero-order valence-electron chi connectivity index (χ0n) is 8.14. The van der Waals surface area contributed by atoms with E-state index in [-0.39, 0.29) is 0 Å². The van der Waals surface area contributed by atoms with E-state index < -0.39 is 36.9 Å². The Hall–Kier alpha value is -2.11. The first-order valence-corrected chi connectivity index (χ1v) is 4.13. The van der Waals surface area contributed by atoms with Crippen LogP contribution in [0.5, 0.6) is 0 Å². The van der Waals surface area contributed by atoms with Crippen LogP contribution in [0.15, 0.2) is 0 Å². The van der Waals surface area contributed by atoms with Crippen LogP contribution in [0.2, 0.25) is 0 Å². The maximum absolute atomic E-state index is 10.4. The lowest BCUT2D eigenvalue weighted by Crippen LogP contribution is -2.53. The van der Waals surface area contributed by atoms with Crippen LogP contribution < -0.4 is 0 Å². The summed E-state index contributed by atoms with van der Waals surface area (Å²) in [5.74, 6) is 0. The highest BCUT2D eigenvalue weighted by Crippen LogP contribution is 2.30. The maximum Gasteiger partial charge on any atom is 0.551 e. The normalized spacial score (nSPS) is 11.9. The Kier molecular flexibility index (Phi) is 3.86. The molecule has 0 aromatic rings. The monoisotopic (exact) mass is 272 g/mol. The van der Waals surface area contributed by atoms with Gasteiger partial charge in [0, 0.05) is 11.6 Å². The van der Waals surface area contributed by atoms with Gasteiger partial charge in [0.1, 0.15) is 9.85 Å². The summed E-state index contributed by atoms with van der Waals surface area (Å²) in [5.41, 5.74) is -3.12. The predicted molar refractivity (Wildman–Crippen MR) is 49.6 cm³/mol. The minimum Gasteiger partial charge on any atom is -0.258 e. The van der Waals surface area contributed by atoms with Gasteiger partial charge in [0.2, 0.25) is 6.42 Å². The van der Waals surface area contributed by atoms with E-state index in [1.165, 1.54) is 0 Å². The quantitative estimate of drug-likeness (QED) is 0.215. The molecule has 0 aliphatic rings. The highest BCUT2D eigenvalue weighted by atomic mass is 35.5. The molecule has 12 nitrogen and oxygen atoms in total. The Morgan fingerprint density at radius 2 is 1.18 bits per heavy atom. The molecule has 0 aliphatic heterocycles. The molecule has 0 spiro atoms. The van der Waals surface area contributed by atoms with Gasteiger partial charge in [-0.3, -0.25) is 40.5 Å². The summed E-state index contributed by atoms with van der Waals surface area (Å²) in [4.78, 5) is 35.4. The fourth-order valence-electron chi connectivity index (χ4n) is 0.818. The number of nitro groups is 4. The Labute approximate surface area is 96.7 Å². The van der Waals surface area contributed by atoms with Crippen molar-refractivity contribution in [1.29, 1.82) is 0 Å². The number of hydrogen-bond donors (Lipinski definition) is 0. The van der Waals surface area contributed by atoms with Crippen molar-refractivity contribution in [1.82, 2.24) is 0 Å². The van der Waals surface area contributed by atoms with Crippen molar-refractivity contribution in [2.45, 2.75) is 24.1 Å². The number of halogens is 1. The van der Waals surface area contributed by atoms with E-state index in [1.807, 2.05) is 0 Å². The van der Waals surface area contributed by atoms with Crippen molar-refractivity contribution >= 4 is 11.6 Å². The predicted octanol–water partition coefficient (Wildman–Crippen LogP) is 0.0921. The number of hydrogen-bond acceptors (Lipinski definition) is 8. The molecular weight excluding hydrogens is 268 g/mol. The van der Waals surface area contributed by atoms with E-state index in [4.69, 9.17) is 11.6 Å². The summed E-state index contributed by atoms with van der Waals surface area (Å²) in [6.45, 7) is 0.400. The van der Waals surface area contributed by atoms with Gasteiger partial charge in [0.05, 0.1) is 16.8 Å². The molecule has 0 radical (unpaired) electrons. The molecule has 0 atom stereocenters. The highest BCUT2D eigenvalue weighted by Gasteiger charge is 2.69. The molecule has 0 bridgehead atoms. The average molecular weight is 273 g/mol. The molecule has 0 amide bonds. The standard InChI is InChI=1S/C4H5ClN4O8/c1-3(6(10)11,7(12)13)2-4(5,8(14)15)9(16)17/h2H2,1H3. The Morgan fingerprint density at radius 3 is 1.35 bits per heavy atom. The summed E-state index contributed by atoms with van der Waals surface area (Å²) >= 11 is 4.97. The zero-order valence-corrected chi connectivity index (χ0v) is 8.90. The van der Waals surface area contributed by atoms with E-state index >= 15 is 0 Å². The lowest BCUT2D eigenvalue weighted by Gasteiger charge is -2.15. The zero-order chi connectivity index (χ0) is 14.0. The first-order valence-electron chi connectivity index (χ1n) is 3.75. The van der Waals surface area contributed by atoms with Crippen LogP contribution in [0.3, 0.4) is 0 Å². The SMILES string of the molecule is CC(CC(Cl)([N+](=O)[O-])[N+](=O)[O-])([N+](=O)[O-])[N+](=O)[O-].